The lowest BCUT2D eigenvalue weighted by molar-refractivity contribution is 0.0567. The Morgan fingerprint density at radius 1 is 1.02 bits per heavy atom. The van der Waals surface area contributed by atoms with Crippen LogP contribution < -0.4 is 14.2 Å². The lowest BCUT2D eigenvalue weighted by atomic mass is 9.81. The molecule has 1 saturated carbocycles. The Morgan fingerprint density at radius 3 is 2.49 bits per heavy atom. The molecule has 0 unspecified atom stereocenters. The van der Waals surface area contributed by atoms with Gasteiger partial charge in [0.25, 0.3) is 0 Å². The molecule has 1 fully saturated rings. The number of hydrogen-bond acceptors (Lipinski definition) is 7. The molecule has 1 aliphatic heterocycles. The Morgan fingerprint density at radius 2 is 1.77 bits per heavy atom. The lowest BCUT2D eigenvalue weighted by Crippen LogP contribution is -2.44. The van der Waals surface area contributed by atoms with Crippen molar-refractivity contribution in [1.29, 1.82) is 0 Å². The van der Waals surface area contributed by atoms with Crippen LogP contribution in [0.15, 0.2) is 42.5 Å². The average molecular weight is 669 g/mol. The summed E-state index contributed by atoms with van der Waals surface area (Å²) in [4.78, 5) is 14.2. The summed E-state index contributed by atoms with van der Waals surface area (Å²) in [6.45, 7) is 8.30. The molecule has 0 spiro atoms. The van der Waals surface area contributed by atoms with Gasteiger partial charge in [0.05, 0.1) is 19.4 Å². The summed E-state index contributed by atoms with van der Waals surface area (Å²) in [6.07, 6.45) is 6.82. The summed E-state index contributed by atoms with van der Waals surface area (Å²) in [6, 6.07) is 15.1. The van der Waals surface area contributed by atoms with Crippen molar-refractivity contribution in [3.63, 3.8) is 0 Å². The highest BCUT2D eigenvalue weighted by atomic mass is 32.2. The maximum Gasteiger partial charge on any atom is 0.422 e. The minimum absolute atomic E-state index is 0.255. The summed E-state index contributed by atoms with van der Waals surface area (Å²) in [5, 5.41) is 1.35. The molecule has 1 aromatic heterocycles. The number of amides is 1. The summed E-state index contributed by atoms with van der Waals surface area (Å²) in [5.41, 5.74) is 4.33. The Labute approximate surface area is 280 Å². The van der Waals surface area contributed by atoms with E-state index >= 15 is 0 Å². The van der Waals surface area contributed by atoms with E-state index in [-0.39, 0.29) is 12.5 Å². The van der Waals surface area contributed by atoms with Gasteiger partial charge >= 0.3 is 16.3 Å². The Kier molecular flexibility index (Phi) is 11.1. The molecule has 0 radical (unpaired) electrons. The van der Waals surface area contributed by atoms with Gasteiger partial charge in [-0.25, -0.2) is 9.52 Å². The first kappa shape index (κ1) is 35.0. The van der Waals surface area contributed by atoms with Gasteiger partial charge in [0.1, 0.15) is 5.60 Å². The zero-order valence-electron chi connectivity index (χ0n) is 28.9. The van der Waals surface area contributed by atoms with E-state index in [1.54, 1.807) is 27.9 Å². The first-order chi connectivity index (χ1) is 22.4. The highest BCUT2D eigenvalue weighted by Crippen LogP contribution is 2.49. The van der Waals surface area contributed by atoms with Gasteiger partial charge in [-0.15, -0.1) is 0 Å². The standard InChI is InChI=1S/C36H52N4O6S/c1-36(2,3)46-35(41)37-47(42,43)39(5)22-13-21-38(4)23-20-26-24-40-30-18-11-10-16-28(30)32(27-14-8-7-9-15-27)33(40)29-17-12-19-31(44-6)34(29)45-25-26/h10-12,16-19,26-27H,7-9,13-15,20-25H2,1-6H3,(H,37,41)/t26-/m1/s1. The molecule has 47 heavy (non-hydrogen) atoms. The summed E-state index contributed by atoms with van der Waals surface area (Å²) < 4.78 is 48.4. The van der Waals surface area contributed by atoms with Crippen LogP contribution in [0.1, 0.15) is 77.2 Å². The van der Waals surface area contributed by atoms with Gasteiger partial charge in [-0.3, -0.25) is 0 Å². The predicted molar refractivity (Wildman–Crippen MR) is 186 cm³/mol. The molecule has 5 rings (SSSR count). The molecule has 0 bridgehead atoms. The number of carbonyl (C=O) groups excluding carboxylic acids is 1. The van der Waals surface area contributed by atoms with Crippen LogP contribution in [0.25, 0.3) is 22.2 Å². The topological polar surface area (TPSA) is 102 Å². The third kappa shape index (κ3) is 8.42. The van der Waals surface area contributed by atoms with Crippen LogP contribution in [0.4, 0.5) is 4.79 Å². The van der Waals surface area contributed by atoms with E-state index in [1.807, 2.05) is 10.8 Å². The van der Waals surface area contributed by atoms with Gasteiger partial charge in [-0.2, -0.15) is 12.7 Å². The lowest BCUT2D eigenvalue weighted by Gasteiger charge is -2.29. The fraction of sp³-hybridized carbons (Fsp3) is 0.583. The van der Waals surface area contributed by atoms with Crippen LogP contribution in [-0.2, 0) is 21.5 Å². The van der Waals surface area contributed by atoms with E-state index in [4.69, 9.17) is 14.2 Å². The molecule has 11 heteroatoms. The summed E-state index contributed by atoms with van der Waals surface area (Å²) >= 11 is 0. The number of hydrogen-bond donors (Lipinski definition) is 1. The Bertz CT molecular complexity index is 1640. The SMILES string of the molecule is COc1cccc2c1OC[C@H](CCN(C)CCCN(C)S(=O)(=O)NC(=O)OC(C)(C)C)Cn1c-2c(C2CCCCC2)c2ccccc21. The number of nitrogens with one attached hydrogen (secondary N) is 1. The molecular weight excluding hydrogens is 616 g/mol. The van der Waals surface area contributed by atoms with Gasteiger partial charge in [0.15, 0.2) is 11.5 Å². The minimum Gasteiger partial charge on any atom is -0.493 e. The number of para-hydroxylation sites is 2. The van der Waals surface area contributed by atoms with Crippen molar-refractivity contribution in [2.24, 2.45) is 5.92 Å². The van der Waals surface area contributed by atoms with Crippen LogP contribution >= 0.6 is 0 Å². The number of carbonyl (C=O) groups is 1. The van der Waals surface area contributed by atoms with Crippen molar-refractivity contribution < 1.29 is 27.4 Å². The molecular formula is C36H52N4O6S. The summed E-state index contributed by atoms with van der Waals surface area (Å²) in [5.74, 6) is 2.35. The van der Waals surface area contributed by atoms with Gasteiger partial charge in [-0.1, -0.05) is 43.5 Å². The number of methoxy groups -OCH3 is 1. The molecule has 2 aromatic carbocycles. The second-order valence-electron chi connectivity index (χ2n) is 14.1. The molecule has 1 amide bonds. The zero-order valence-corrected chi connectivity index (χ0v) is 29.7. The highest BCUT2D eigenvalue weighted by Gasteiger charge is 2.31. The van der Waals surface area contributed by atoms with Gasteiger partial charge in [0, 0.05) is 42.5 Å². The quantitative estimate of drug-likeness (QED) is 0.240. The second kappa shape index (κ2) is 14.9. The van der Waals surface area contributed by atoms with E-state index in [0.717, 1.165) is 40.9 Å². The number of aromatic nitrogens is 1. The van der Waals surface area contributed by atoms with Crippen molar-refractivity contribution in [3.05, 3.63) is 48.0 Å². The normalized spacial score (nSPS) is 17.5. The number of fused-ring (bicyclic) bond motifs is 5. The van der Waals surface area contributed by atoms with E-state index in [9.17, 15) is 13.2 Å². The molecule has 3 aromatic rings. The first-order valence-electron chi connectivity index (χ1n) is 16.9. The van der Waals surface area contributed by atoms with E-state index in [0.29, 0.717) is 25.5 Å². The third-order valence-corrected chi connectivity index (χ3v) is 10.8. The van der Waals surface area contributed by atoms with Crippen molar-refractivity contribution in [1.82, 2.24) is 18.5 Å². The molecule has 0 saturated heterocycles. The van der Waals surface area contributed by atoms with Crippen molar-refractivity contribution in [2.45, 2.75) is 83.8 Å². The van der Waals surface area contributed by atoms with E-state index in [2.05, 4.69) is 52.9 Å². The van der Waals surface area contributed by atoms with Crippen molar-refractivity contribution in [2.75, 3.05) is 47.4 Å². The zero-order chi connectivity index (χ0) is 33.8. The van der Waals surface area contributed by atoms with Gasteiger partial charge in [0.2, 0.25) is 0 Å². The van der Waals surface area contributed by atoms with Crippen LogP contribution in [0.2, 0.25) is 0 Å². The molecule has 258 valence electrons. The van der Waals surface area contributed by atoms with Gasteiger partial charge < -0.3 is 23.7 Å². The Hall–Kier alpha value is -3.28. The third-order valence-electron chi connectivity index (χ3n) is 9.33. The minimum atomic E-state index is -3.99. The maximum absolute atomic E-state index is 12.6. The van der Waals surface area contributed by atoms with Crippen molar-refractivity contribution >= 4 is 27.2 Å². The molecule has 10 nitrogen and oxygen atoms in total. The number of ether oxygens (including phenoxy) is 3. The number of benzene rings is 2. The van der Waals surface area contributed by atoms with E-state index in [1.165, 1.54) is 61.3 Å². The molecule has 1 N–H and O–H groups in total. The van der Waals surface area contributed by atoms with Crippen LogP contribution in [0, 0.1) is 5.92 Å². The second-order valence-corrected chi connectivity index (χ2v) is 15.9. The van der Waals surface area contributed by atoms with Crippen LogP contribution in [0.3, 0.4) is 0 Å². The van der Waals surface area contributed by atoms with Crippen molar-refractivity contribution in [3.8, 4) is 22.8 Å². The van der Waals surface area contributed by atoms with Gasteiger partial charge in [-0.05, 0) is 96.3 Å². The highest BCUT2D eigenvalue weighted by molar-refractivity contribution is 7.87. The molecule has 2 aliphatic rings. The largest absolute Gasteiger partial charge is 0.493 e. The summed E-state index contributed by atoms with van der Waals surface area (Å²) in [7, 11) is 1.24. The Balaban J connectivity index is 1.29. The van der Waals surface area contributed by atoms with Crippen LogP contribution in [-0.4, -0.2) is 81.3 Å². The smallest absolute Gasteiger partial charge is 0.422 e. The predicted octanol–water partition coefficient (Wildman–Crippen LogP) is 6.79. The average Bonchev–Trinajstić information content (AvgIpc) is 3.33. The van der Waals surface area contributed by atoms with Crippen LogP contribution in [0.5, 0.6) is 11.5 Å². The molecule has 1 aliphatic carbocycles. The molecule has 2 heterocycles. The maximum atomic E-state index is 12.6. The monoisotopic (exact) mass is 668 g/mol. The van der Waals surface area contributed by atoms with E-state index < -0.39 is 21.9 Å². The number of rotatable bonds is 11. The molecule has 1 atom stereocenters. The number of nitrogens with zero attached hydrogens (tertiary/aromatic N) is 3. The first-order valence-corrected chi connectivity index (χ1v) is 18.4. The fourth-order valence-corrected chi connectivity index (χ4v) is 7.77. The fourth-order valence-electron chi connectivity index (χ4n) is 6.99.